The van der Waals surface area contributed by atoms with Gasteiger partial charge in [0, 0.05) is 30.0 Å². The minimum Gasteiger partial charge on any atom is -0.493 e. The summed E-state index contributed by atoms with van der Waals surface area (Å²) in [5.41, 5.74) is 0.320. The molecule has 0 radical (unpaired) electrons. The molecule has 3 atom stereocenters. The number of nitrogens with one attached hydrogen (secondary N) is 1. The third kappa shape index (κ3) is 3.00. The van der Waals surface area contributed by atoms with E-state index in [2.05, 4.69) is 26.1 Å². The lowest BCUT2D eigenvalue weighted by Gasteiger charge is -2.56. The van der Waals surface area contributed by atoms with Crippen LogP contribution in [-0.2, 0) is 4.74 Å². The molecule has 128 valence electrons. The van der Waals surface area contributed by atoms with Crippen LogP contribution in [0, 0.1) is 11.3 Å². The Balaban J connectivity index is 2.21. The maximum atomic E-state index is 12.6. The van der Waals surface area contributed by atoms with Crippen LogP contribution in [0.15, 0.2) is 12.1 Å². The predicted octanol–water partition coefficient (Wildman–Crippen LogP) is 3.15. The van der Waals surface area contributed by atoms with Gasteiger partial charge in [-0.05, 0) is 12.1 Å². The van der Waals surface area contributed by atoms with Crippen molar-refractivity contribution in [2.75, 3.05) is 21.3 Å². The van der Waals surface area contributed by atoms with Gasteiger partial charge in [-0.3, -0.25) is 4.79 Å². The van der Waals surface area contributed by atoms with Gasteiger partial charge in [0.15, 0.2) is 11.5 Å². The maximum absolute atomic E-state index is 12.6. The highest BCUT2D eigenvalue weighted by molar-refractivity contribution is 6.32. The molecule has 5 nitrogen and oxygen atoms in total. The molecule has 6 heteroatoms. The molecule has 1 N–H and O–H groups in total. The van der Waals surface area contributed by atoms with E-state index in [9.17, 15) is 4.79 Å². The van der Waals surface area contributed by atoms with E-state index < -0.39 is 0 Å². The molecule has 0 heterocycles. The van der Waals surface area contributed by atoms with Gasteiger partial charge in [0.05, 0.1) is 25.3 Å². The zero-order valence-electron chi connectivity index (χ0n) is 14.4. The summed E-state index contributed by atoms with van der Waals surface area (Å²) in [6.45, 7) is 6.26. The van der Waals surface area contributed by atoms with Crippen LogP contribution in [0.5, 0.6) is 11.5 Å². The van der Waals surface area contributed by atoms with Gasteiger partial charge < -0.3 is 19.5 Å². The van der Waals surface area contributed by atoms with Gasteiger partial charge in [0.2, 0.25) is 0 Å². The van der Waals surface area contributed by atoms with E-state index in [0.717, 1.165) is 0 Å². The summed E-state index contributed by atoms with van der Waals surface area (Å²) in [5, 5.41) is 3.42. The van der Waals surface area contributed by atoms with Crippen LogP contribution in [0.2, 0.25) is 5.02 Å². The summed E-state index contributed by atoms with van der Waals surface area (Å²) in [4.78, 5) is 12.6. The fourth-order valence-electron chi connectivity index (χ4n) is 3.70. The van der Waals surface area contributed by atoms with E-state index in [1.165, 1.54) is 14.2 Å². The Kier molecular flexibility index (Phi) is 5.11. The number of hydrogen-bond donors (Lipinski definition) is 1. The number of methoxy groups -OCH3 is 3. The van der Waals surface area contributed by atoms with Crippen LogP contribution in [0.4, 0.5) is 0 Å². The molecule has 1 aliphatic rings. The average Bonchev–Trinajstić information content (AvgIpc) is 2.51. The molecule has 1 aromatic rings. The zero-order valence-corrected chi connectivity index (χ0v) is 15.2. The molecule has 1 fully saturated rings. The van der Waals surface area contributed by atoms with Gasteiger partial charge in [-0.15, -0.1) is 0 Å². The molecule has 0 saturated heterocycles. The van der Waals surface area contributed by atoms with Crippen LogP contribution in [0.25, 0.3) is 0 Å². The molecule has 0 aliphatic heterocycles. The average molecular weight is 342 g/mol. The fraction of sp³-hybridized carbons (Fsp3) is 0.588. The molecule has 1 amide bonds. The first-order valence-corrected chi connectivity index (χ1v) is 7.90. The summed E-state index contributed by atoms with van der Waals surface area (Å²) in [6.07, 6.45) is 0.127. The number of benzene rings is 1. The summed E-state index contributed by atoms with van der Waals surface area (Å²) >= 11 is 6.17. The summed E-state index contributed by atoms with van der Waals surface area (Å²) in [6, 6.07) is 3.25. The SMILES string of the molecule is COc1cc(C(=O)N[C@@H]2[C@H](C)[C@@H](OC)C2(C)C)cc(Cl)c1OC. The van der Waals surface area contributed by atoms with E-state index >= 15 is 0 Å². The van der Waals surface area contributed by atoms with Crippen LogP contribution < -0.4 is 14.8 Å². The fourth-order valence-corrected chi connectivity index (χ4v) is 3.99. The Bertz CT molecular complexity index is 603. The molecule has 0 spiro atoms. The van der Waals surface area contributed by atoms with Crippen molar-refractivity contribution in [3.05, 3.63) is 22.7 Å². The summed E-state index contributed by atoms with van der Waals surface area (Å²) in [7, 11) is 4.72. The smallest absolute Gasteiger partial charge is 0.251 e. The second-order valence-corrected chi connectivity index (χ2v) is 6.89. The van der Waals surface area contributed by atoms with Crippen molar-refractivity contribution in [3.8, 4) is 11.5 Å². The second kappa shape index (κ2) is 6.57. The molecular formula is C17H24ClNO4. The largest absolute Gasteiger partial charge is 0.493 e. The minimum absolute atomic E-state index is 0.0341. The highest BCUT2D eigenvalue weighted by atomic mass is 35.5. The Morgan fingerprint density at radius 2 is 1.87 bits per heavy atom. The molecule has 0 aromatic heterocycles. The Labute approximate surface area is 142 Å². The van der Waals surface area contributed by atoms with Crippen molar-refractivity contribution in [2.24, 2.45) is 11.3 Å². The summed E-state index contributed by atoms with van der Waals surface area (Å²) in [5.74, 6) is 0.908. The number of hydrogen-bond acceptors (Lipinski definition) is 4. The maximum Gasteiger partial charge on any atom is 0.251 e. The number of ether oxygens (including phenoxy) is 3. The van der Waals surface area contributed by atoms with Crippen molar-refractivity contribution >= 4 is 17.5 Å². The Morgan fingerprint density at radius 1 is 1.22 bits per heavy atom. The minimum atomic E-state index is -0.188. The quantitative estimate of drug-likeness (QED) is 0.893. The van der Waals surface area contributed by atoms with E-state index in [0.29, 0.717) is 22.1 Å². The molecule has 1 saturated carbocycles. The Morgan fingerprint density at radius 3 is 2.35 bits per heavy atom. The number of halogens is 1. The molecule has 23 heavy (non-hydrogen) atoms. The van der Waals surface area contributed by atoms with Crippen molar-refractivity contribution in [2.45, 2.75) is 32.9 Å². The third-order valence-electron chi connectivity index (χ3n) is 4.77. The van der Waals surface area contributed by atoms with Crippen molar-refractivity contribution in [3.63, 3.8) is 0 Å². The normalized spacial score (nSPS) is 25.4. The van der Waals surface area contributed by atoms with Crippen LogP contribution in [-0.4, -0.2) is 39.4 Å². The second-order valence-electron chi connectivity index (χ2n) is 6.48. The van der Waals surface area contributed by atoms with Crippen LogP contribution in [0.1, 0.15) is 31.1 Å². The van der Waals surface area contributed by atoms with Gasteiger partial charge in [-0.25, -0.2) is 0 Å². The Hall–Kier alpha value is -1.46. The topological polar surface area (TPSA) is 56.8 Å². The zero-order chi connectivity index (χ0) is 17.4. The standard InChI is InChI=1S/C17H24ClNO4/c1-9-14(17(2,3)15(9)23-6)19-16(20)10-7-11(18)13(22-5)12(8-10)21-4/h7-9,14-15H,1-6H3,(H,19,20)/t9-,14+,15+/m0/s1. The van der Waals surface area contributed by atoms with Gasteiger partial charge in [-0.2, -0.15) is 0 Å². The first kappa shape index (κ1) is 17.9. The third-order valence-corrected chi connectivity index (χ3v) is 5.06. The lowest BCUT2D eigenvalue weighted by molar-refractivity contribution is -0.141. The number of amides is 1. The van der Waals surface area contributed by atoms with Crippen LogP contribution >= 0.6 is 11.6 Å². The monoisotopic (exact) mass is 341 g/mol. The van der Waals surface area contributed by atoms with Crippen molar-refractivity contribution < 1.29 is 19.0 Å². The predicted molar refractivity (Wildman–Crippen MR) is 89.6 cm³/mol. The highest BCUT2D eigenvalue weighted by Crippen LogP contribution is 2.47. The van der Waals surface area contributed by atoms with E-state index in [4.69, 9.17) is 25.8 Å². The number of rotatable bonds is 5. The van der Waals surface area contributed by atoms with Crippen LogP contribution in [0.3, 0.4) is 0 Å². The summed E-state index contributed by atoms with van der Waals surface area (Å²) < 4.78 is 15.9. The van der Waals surface area contributed by atoms with Gasteiger partial charge in [0.25, 0.3) is 5.91 Å². The molecular weight excluding hydrogens is 318 g/mol. The molecule has 0 bridgehead atoms. The van der Waals surface area contributed by atoms with E-state index in [1.54, 1.807) is 19.2 Å². The number of carbonyl (C=O) groups excluding carboxylic acids is 1. The molecule has 2 rings (SSSR count). The van der Waals surface area contributed by atoms with Crippen molar-refractivity contribution in [1.82, 2.24) is 5.32 Å². The van der Waals surface area contributed by atoms with Gasteiger partial charge in [0.1, 0.15) is 0 Å². The van der Waals surface area contributed by atoms with Gasteiger partial charge >= 0.3 is 0 Å². The van der Waals surface area contributed by atoms with E-state index in [-0.39, 0.29) is 29.4 Å². The lowest BCUT2D eigenvalue weighted by Crippen LogP contribution is -2.67. The first-order chi connectivity index (χ1) is 10.8. The van der Waals surface area contributed by atoms with Crippen molar-refractivity contribution in [1.29, 1.82) is 0 Å². The highest BCUT2D eigenvalue weighted by Gasteiger charge is 2.55. The lowest BCUT2D eigenvalue weighted by atomic mass is 9.58. The first-order valence-electron chi connectivity index (χ1n) is 7.53. The van der Waals surface area contributed by atoms with Gasteiger partial charge in [-0.1, -0.05) is 32.4 Å². The molecule has 1 aromatic carbocycles. The number of carbonyl (C=O) groups is 1. The molecule has 0 unspecified atom stereocenters. The molecule has 1 aliphatic carbocycles. The van der Waals surface area contributed by atoms with E-state index in [1.807, 2.05) is 0 Å².